The molecule has 3 aromatic rings. The van der Waals surface area contributed by atoms with Gasteiger partial charge in [-0.25, -0.2) is 14.5 Å². The average molecular weight is 279 g/mol. The molecule has 0 bridgehead atoms. The van der Waals surface area contributed by atoms with Crippen LogP contribution in [0, 0.1) is 6.92 Å². The van der Waals surface area contributed by atoms with Gasteiger partial charge in [0.15, 0.2) is 5.82 Å². The van der Waals surface area contributed by atoms with Gasteiger partial charge in [-0.05, 0) is 37.3 Å². The molecule has 2 heterocycles. The Hall–Kier alpha value is -2.43. The van der Waals surface area contributed by atoms with E-state index < -0.39 is 0 Å². The fraction of sp³-hybridized carbons (Fsp3) is 0.312. The fourth-order valence-electron chi connectivity index (χ4n) is 3.33. The minimum atomic E-state index is 0.385. The molecule has 0 fully saturated rings. The van der Waals surface area contributed by atoms with Crippen LogP contribution in [0.5, 0.6) is 0 Å². The van der Waals surface area contributed by atoms with Crippen molar-refractivity contribution >= 4 is 11.3 Å². The Balaban J connectivity index is 1.80. The van der Waals surface area contributed by atoms with Crippen molar-refractivity contribution in [2.75, 3.05) is 5.73 Å². The van der Waals surface area contributed by atoms with E-state index in [9.17, 15) is 0 Å². The second-order valence-corrected chi connectivity index (χ2v) is 5.67. The van der Waals surface area contributed by atoms with Crippen molar-refractivity contribution in [3.8, 4) is 0 Å². The standard InChI is InChI=1S/C16H17N5/c1-10-14-15(17)18-9-19-21(14)16(20-10)13-7-6-11-4-2-3-5-12(11)8-13/h2-5,9,13H,6-8H2,1H3,(H2,17,18,19). The molecular formula is C16H17N5. The van der Waals surface area contributed by atoms with E-state index in [-0.39, 0.29) is 0 Å². The van der Waals surface area contributed by atoms with E-state index in [1.165, 1.54) is 17.5 Å². The van der Waals surface area contributed by atoms with E-state index in [1.54, 1.807) is 0 Å². The minimum absolute atomic E-state index is 0.385. The quantitative estimate of drug-likeness (QED) is 0.742. The highest BCUT2D eigenvalue weighted by Crippen LogP contribution is 2.33. The van der Waals surface area contributed by atoms with Gasteiger partial charge in [0.1, 0.15) is 17.7 Å². The van der Waals surface area contributed by atoms with E-state index >= 15 is 0 Å². The number of hydrogen-bond donors (Lipinski definition) is 1. The maximum Gasteiger partial charge on any atom is 0.153 e. The van der Waals surface area contributed by atoms with Crippen LogP contribution in [0.25, 0.3) is 5.52 Å². The summed E-state index contributed by atoms with van der Waals surface area (Å²) in [6, 6.07) is 8.66. The number of imidazole rings is 1. The van der Waals surface area contributed by atoms with Crippen LogP contribution in [0.1, 0.15) is 35.0 Å². The molecule has 1 unspecified atom stereocenters. The molecule has 2 N–H and O–H groups in total. The highest BCUT2D eigenvalue weighted by molar-refractivity contribution is 5.68. The lowest BCUT2D eigenvalue weighted by molar-refractivity contribution is 0.542. The number of fused-ring (bicyclic) bond motifs is 2. The van der Waals surface area contributed by atoms with Crippen LogP contribution in [0.4, 0.5) is 5.82 Å². The summed E-state index contributed by atoms with van der Waals surface area (Å²) in [4.78, 5) is 8.80. The topological polar surface area (TPSA) is 69.1 Å². The summed E-state index contributed by atoms with van der Waals surface area (Å²) >= 11 is 0. The van der Waals surface area contributed by atoms with Crippen LogP contribution in [-0.4, -0.2) is 19.6 Å². The number of nitrogen functional groups attached to an aromatic ring is 1. The summed E-state index contributed by atoms with van der Waals surface area (Å²) in [7, 11) is 0. The van der Waals surface area contributed by atoms with Crippen LogP contribution in [0.15, 0.2) is 30.6 Å². The summed E-state index contributed by atoms with van der Waals surface area (Å²) in [6.07, 6.45) is 4.71. The number of aromatic nitrogens is 4. The molecule has 106 valence electrons. The van der Waals surface area contributed by atoms with Crippen molar-refractivity contribution in [3.63, 3.8) is 0 Å². The molecule has 2 aromatic heterocycles. The Morgan fingerprint density at radius 3 is 2.90 bits per heavy atom. The molecule has 5 nitrogen and oxygen atoms in total. The predicted molar refractivity (Wildman–Crippen MR) is 81.1 cm³/mol. The van der Waals surface area contributed by atoms with Crippen LogP contribution in [0.3, 0.4) is 0 Å². The molecule has 1 aliphatic carbocycles. The first kappa shape index (κ1) is 12.3. The summed E-state index contributed by atoms with van der Waals surface area (Å²) in [6.45, 7) is 1.97. The zero-order chi connectivity index (χ0) is 14.4. The molecule has 0 saturated heterocycles. The third-order valence-electron chi connectivity index (χ3n) is 4.37. The summed E-state index contributed by atoms with van der Waals surface area (Å²) in [5.41, 5.74) is 10.6. The summed E-state index contributed by atoms with van der Waals surface area (Å²) in [5, 5.41) is 4.36. The molecule has 5 heteroatoms. The summed E-state index contributed by atoms with van der Waals surface area (Å²) < 4.78 is 1.87. The van der Waals surface area contributed by atoms with Gasteiger partial charge in [0.2, 0.25) is 0 Å². The van der Waals surface area contributed by atoms with E-state index in [2.05, 4.69) is 34.3 Å². The lowest BCUT2D eigenvalue weighted by Gasteiger charge is -2.23. The van der Waals surface area contributed by atoms with Crippen molar-refractivity contribution in [2.45, 2.75) is 32.1 Å². The van der Waals surface area contributed by atoms with E-state index in [1.807, 2.05) is 11.4 Å². The normalized spacial score (nSPS) is 17.9. The third-order valence-corrected chi connectivity index (χ3v) is 4.37. The Morgan fingerprint density at radius 2 is 2.05 bits per heavy atom. The molecule has 0 saturated carbocycles. The van der Waals surface area contributed by atoms with Crippen molar-refractivity contribution in [1.82, 2.24) is 19.6 Å². The smallest absolute Gasteiger partial charge is 0.153 e. The largest absolute Gasteiger partial charge is 0.382 e. The number of nitrogens with zero attached hydrogens (tertiary/aromatic N) is 4. The first-order chi connectivity index (χ1) is 10.2. The molecule has 1 atom stereocenters. The van der Waals surface area contributed by atoms with Gasteiger partial charge in [0.05, 0.1) is 5.69 Å². The van der Waals surface area contributed by atoms with Crippen LogP contribution in [0.2, 0.25) is 0 Å². The van der Waals surface area contributed by atoms with Gasteiger partial charge in [0, 0.05) is 5.92 Å². The predicted octanol–water partition coefficient (Wildman–Crippen LogP) is 2.29. The Labute approximate surface area is 122 Å². The van der Waals surface area contributed by atoms with Crippen molar-refractivity contribution in [2.24, 2.45) is 0 Å². The lowest BCUT2D eigenvalue weighted by atomic mass is 9.83. The van der Waals surface area contributed by atoms with E-state index in [4.69, 9.17) is 10.7 Å². The Kier molecular flexibility index (Phi) is 2.67. The van der Waals surface area contributed by atoms with Gasteiger partial charge in [-0.3, -0.25) is 0 Å². The average Bonchev–Trinajstić information content (AvgIpc) is 2.85. The van der Waals surface area contributed by atoms with Gasteiger partial charge in [0.25, 0.3) is 0 Å². The molecule has 0 spiro atoms. The van der Waals surface area contributed by atoms with Crippen molar-refractivity contribution in [1.29, 1.82) is 0 Å². The number of hydrogen-bond acceptors (Lipinski definition) is 4. The first-order valence-corrected chi connectivity index (χ1v) is 7.26. The van der Waals surface area contributed by atoms with Crippen molar-refractivity contribution < 1.29 is 0 Å². The van der Waals surface area contributed by atoms with Crippen LogP contribution in [-0.2, 0) is 12.8 Å². The van der Waals surface area contributed by atoms with Gasteiger partial charge in [-0.1, -0.05) is 24.3 Å². The molecule has 0 aliphatic heterocycles. The molecule has 1 aromatic carbocycles. The number of nitrogens with two attached hydrogens (primary N) is 1. The molecule has 4 rings (SSSR count). The summed E-state index contributed by atoms with van der Waals surface area (Å²) in [5.74, 6) is 1.89. The second kappa shape index (κ2) is 4.55. The molecule has 0 amide bonds. The SMILES string of the molecule is Cc1nc(C2CCc3ccccc3C2)n2ncnc(N)c12. The molecular weight excluding hydrogens is 262 g/mol. The Bertz CT molecular complexity index is 821. The number of aryl methyl sites for hydroxylation is 2. The highest BCUT2D eigenvalue weighted by atomic mass is 15.3. The second-order valence-electron chi connectivity index (χ2n) is 5.67. The van der Waals surface area contributed by atoms with Gasteiger partial charge < -0.3 is 5.73 Å². The number of benzene rings is 1. The third kappa shape index (κ3) is 1.88. The fourth-order valence-corrected chi connectivity index (χ4v) is 3.33. The highest BCUT2D eigenvalue weighted by Gasteiger charge is 2.25. The zero-order valence-corrected chi connectivity index (χ0v) is 12.0. The number of anilines is 1. The number of rotatable bonds is 1. The zero-order valence-electron chi connectivity index (χ0n) is 12.0. The van der Waals surface area contributed by atoms with Crippen LogP contribution < -0.4 is 5.73 Å². The Morgan fingerprint density at radius 1 is 1.24 bits per heavy atom. The van der Waals surface area contributed by atoms with Crippen molar-refractivity contribution in [3.05, 3.63) is 53.2 Å². The molecule has 1 aliphatic rings. The lowest BCUT2D eigenvalue weighted by Crippen LogP contribution is -2.16. The van der Waals surface area contributed by atoms with Crippen LogP contribution >= 0.6 is 0 Å². The first-order valence-electron chi connectivity index (χ1n) is 7.26. The van der Waals surface area contributed by atoms with E-state index in [0.29, 0.717) is 11.7 Å². The maximum atomic E-state index is 5.96. The van der Waals surface area contributed by atoms with Gasteiger partial charge in [-0.2, -0.15) is 5.10 Å². The van der Waals surface area contributed by atoms with Gasteiger partial charge >= 0.3 is 0 Å². The monoisotopic (exact) mass is 279 g/mol. The van der Waals surface area contributed by atoms with E-state index in [0.717, 1.165) is 36.3 Å². The minimum Gasteiger partial charge on any atom is -0.382 e. The van der Waals surface area contributed by atoms with Gasteiger partial charge in [-0.15, -0.1) is 0 Å². The maximum absolute atomic E-state index is 5.96. The molecule has 0 radical (unpaired) electrons. The molecule has 21 heavy (non-hydrogen) atoms.